The van der Waals surface area contributed by atoms with Gasteiger partial charge in [-0.05, 0) is 22.3 Å². The van der Waals surface area contributed by atoms with Gasteiger partial charge in [-0.25, -0.2) is 0 Å². The number of terminal acetylenes is 1. The van der Waals surface area contributed by atoms with Gasteiger partial charge in [-0.15, -0.1) is 0 Å². The molecule has 5 rings (SSSR count). The summed E-state index contributed by atoms with van der Waals surface area (Å²) >= 11 is 0. The van der Waals surface area contributed by atoms with Crippen molar-refractivity contribution >= 4 is 0 Å². The molecule has 216 valence electrons. The lowest BCUT2D eigenvalue weighted by molar-refractivity contribution is -0.315. The topological polar surface area (TPSA) is 55.4 Å². The van der Waals surface area contributed by atoms with Crippen LogP contribution in [0.25, 0.3) is 0 Å². The molecule has 0 N–H and O–H groups in total. The number of hydrogen-bond donors (Lipinski definition) is 0. The lowest BCUT2D eigenvalue weighted by Gasteiger charge is -2.45. The molecule has 0 radical (unpaired) electrons. The summed E-state index contributed by atoms with van der Waals surface area (Å²) in [7, 11) is 0. The van der Waals surface area contributed by atoms with E-state index in [0.29, 0.717) is 26.4 Å². The van der Waals surface area contributed by atoms with Crippen LogP contribution in [0, 0.1) is 12.5 Å². The van der Waals surface area contributed by atoms with E-state index in [1.807, 2.05) is 121 Å². The van der Waals surface area contributed by atoms with Crippen molar-refractivity contribution in [1.82, 2.24) is 0 Å². The normalized spacial score (nSPS) is 21.8. The van der Waals surface area contributed by atoms with Gasteiger partial charge in [0, 0.05) is 0 Å². The molecular formula is C36H36O6. The minimum atomic E-state index is -0.888. The highest BCUT2D eigenvalue weighted by Gasteiger charge is 2.49. The van der Waals surface area contributed by atoms with Gasteiger partial charge in [0.15, 0.2) is 0 Å². The first kappa shape index (κ1) is 29.5. The summed E-state index contributed by atoms with van der Waals surface area (Å²) in [5.41, 5.74) is 4.13. The van der Waals surface area contributed by atoms with Gasteiger partial charge in [-0.1, -0.05) is 128 Å². The molecule has 1 aliphatic rings. The minimum Gasteiger partial charge on any atom is -0.412 e. The van der Waals surface area contributed by atoms with Crippen molar-refractivity contribution in [3.8, 4) is 12.5 Å². The predicted molar refractivity (Wildman–Crippen MR) is 160 cm³/mol. The maximum absolute atomic E-state index is 6.61. The van der Waals surface area contributed by atoms with E-state index in [4.69, 9.17) is 34.8 Å². The third-order valence-corrected chi connectivity index (χ3v) is 7.02. The van der Waals surface area contributed by atoms with Gasteiger partial charge in [0.1, 0.15) is 30.5 Å². The fourth-order valence-corrected chi connectivity index (χ4v) is 4.91. The lowest BCUT2D eigenvalue weighted by Crippen LogP contribution is -2.61. The van der Waals surface area contributed by atoms with Gasteiger partial charge in [0.05, 0.1) is 33.0 Å². The first-order chi connectivity index (χ1) is 20.8. The van der Waals surface area contributed by atoms with E-state index in [2.05, 4.69) is 6.11 Å². The molecule has 6 heteroatoms. The van der Waals surface area contributed by atoms with Gasteiger partial charge < -0.3 is 28.4 Å². The Morgan fingerprint density at radius 1 is 0.524 bits per heavy atom. The molecule has 0 unspecified atom stereocenters. The Hall–Kier alpha value is -3.96. The summed E-state index contributed by atoms with van der Waals surface area (Å²) in [6.45, 7) is 1.71. The molecule has 0 saturated carbocycles. The molecule has 1 fully saturated rings. The van der Waals surface area contributed by atoms with Gasteiger partial charge in [0.2, 0.25) is 6.29 Å². The summed E-state index contributed by atoms with van der Waals surface area (Å²) in [4.78, 5) is 0. The van der Waals surface area contributed by atoms with Crippen LogP contribution in [0.4, 0.5) is 0 Å². The third kappa shape index (κ3) is 8.53. The Balaban J connectivity index is 1.40. The molecule has 0 amide bonds. The van der Waals surface area contributed by atoms with E-state index in [-0.39, 0.29) is 6.61 Å². The largest absolute Gasteiger partial charge is 0.412 e. The van der Waals surface area contributed by atoms with Crippen LogP contribution < -0.4 is 0 Å². The molecule has 1 aliphatic heterocycles. The molecule has 4 aromatic rings. The summed E-state index contributed by atoms with van der Waals surface area (Å²) in [5, 5.41) is 0. The van der Waals surface area contributed by atoms with Crippen molar-refractivity contribution in [2.75, 3.05) is 6.61 Å². The molecular weight excluding hydrogens is 528 g/mol. The fraction of sp³-hybridized carbons (Fsp3) is 0.278. The van der Waals surface area contributed by atoms with E-state index >= 15 is 0 Å². The van der Waals surface area contributed by atoms with Crippen molar-refractivity contribution < 1.29 is 28.4 Å². The Kier molecular flexibility index (Phi) is 11.2. The third-order valence-electron chi connectivity index (χ3n) is 7.02. The molecule has 1 heterocycles. The number of ether oxygens (including phenoxy) is 6. The Bertz CT molecular complexity index is 1340. The monoisotopic (exact) mass is 564 g/mol. The van der Waals surface area contributed by atoms with Crippen LogP contribution in [0.5, 0.6) is 0 Å². The van der Waals surface area contributed by atoms with Crippen LogP contribution >= 0.6 is 0 Å². The van der Waals surface area contributed by atoms with Crippen molar-refractivity contribution in [3.05, 3.63) is 144 Å². The van der Waals surface area contributed by atoms with E-state index in [9.17, 15) is 0 Å². The van der Waals surface area contributed by atoms with Crippen molar-refractivity contribution in [2.24, 2.45) is 0 Å². The number of rotatable bonds is 14. The summed E-state index contributed by atoms with van der Waals surface area (Å²) in [5.74, 6) is 0. The van der Waals surface area contributed by atoms with Gasteiger partial charge in [0.25, 0.3) is 0 Å². The van der Waals surface area contributed by atoms with Crippen LogP contribution in [0.3, 0.4) is 0 Å². The zero-order chi connectivity index (χ0) is 28.8. The van der Waals surface area contributed by atoms with E-state index < -0.39 is 30.7 Å². The number of benzene rings is 4. The van der Waals surface area contributed by atoms with Crippen molar-refractivity contribution in [3.63, 3.8) is 0 Å². The fourth-order valence-electron chi connectivity index (χ4n) is 4.91. The van der Waals surface area contributed by atoms with Crippen molar-refractivity contribution in [1.29, 1.82) is 0 Å². The maximum atomic E-state index is 6.61. The molecule has 42 heavy (non-hydrogen) atoms. The standard InChI is InChI=1S/C36H36O6/c1-2-38-36-35(41-26-31-21-13-6-14-22-31)34(40-25-30-19-11-5-12-20-30)33(39-24-29-17-9-4-10-18-29)32(42-36)27-37-23-28-15-7-3-8-16-28/h1,3-22,32-36H,23-27H2/t32-,33-,34+,35-,36-/m1/s1. The molecule has 0 bridgehead atoms. The quantitative estimate of drug-likeness (QED) is 0.168. The van der Waals surface area contributed by atoms with Crippen LogP contribution in [-0.2, 0) is 54.8 Å². The maximum Gasteiger partial charge on any atom is 0.239 e. The van der Waals surface area contributed by atoms with Crippen LogP contribution in [0.15, 0.2) is 121 Å². The summed E-state index contributed by atoms with van der Waals surface area (Å²) in [6.07, 6.45) is 4.71. The molecule has 1 saturated heterocycles. The van der Waals surface area contributed by atoms with Crippen LogP contribution in [-0.4, -0.2) is 37.3 Å². The SMILES string of the molecule is C#CO[C@@H]1O[C@H](COCc2ccccc2)[C@@H](OCc2ccccc2)[C@H](OCc2ccccc2)[C@H]1OCc1ccccc1. The van der Waals surface area contributed by atoms with E-state index in [0.717, 1.165) is 22.3 Å². The molecule has 0 aliphatic carbocycles. The minimum absolute atomic E-state index is 0.245. The first-order valence-corrected chi connectivity index (χ1v) is 14.1. The Morgan fingerprint density at radius 2 is 0.929 bits per heavy atom. The molecule has 5 atom stereocenters. The molecule has 4 aromatic carbocycles. The average Bonchev–Trinajstić information content (AvgIpc) is 3.05. The van der Waals surface area contributed by atoms with Crippen molar-refractivity contribution in [2.45, 2.75) is 57.1 Å². The van der Waals surface area contributed by atoms with E-state index in [1.54, 1.807) is 0 Å². The van der Waals surface area contributed by atoms with Crippen LogP contribution in [0.1, 0.15) is 22.3 Å². The Labute approximate surface area is 248 Å². The zero-order valence-corrected chi connectivity index (χ0v) is 23.5. The van der Waals surface area contributed by atoms with Gasteiger partial charge >= 0.3 is 0 Å². The first-order valence-electron chi connectivity index (χ1n) is 14.1. The van der Waals surface area contributed by atoms with Gasteiger partial charge in [-0.3, -0.25) is 0 Å². The summed E-state index contributed by atoms with van der Waals surface area (Å²) < 4.78 is 37.9. The summed E-state index contributed by atoms with van der Waals surface area (Å²) in [6, 6.07) is 39.9. The highest BCUT2D eigenvalue weighted by molar-refractivity contribution is 5.16. The highest BCUT2D eigenvalue weighted by Crippen LogP contribution is 2.31. The lowest BCUT2D eigenvalue weighted by atomic mass is 9.97. The zero-order valence-electron chi connectivity index (χ0n) is 23.5. The second kappa shape index (κ2) is 15.9. The second-order valence-corrected chi connectivity index (χ2v) is 10.1. The molecule has 0 aromatic heterocycles. The number of hydrogen-bond acceptors (Lipinski definition) is 6. The molecule has 0 spiro atoms. The van der Waals surface area contributed by atoms with Crippen LogP contribution in [0.2, 0.25) is 0 Å². The second-order valence-electron chi connectivity index (χ2n) is 10.1. The Morgan fingerprint density at radius 3 is 1.38 bits per heavy atom. The smallest absolute Gasteiger partial charge is 0.239 e. The molecule has 6 nitrogen and oxygen atoms in total. The highest BCUT2D eigenvalue weighted by atomic mass is 16.7. The van der Waals surface area contributed by atoms with Gasteiger partial charge in [-0.2, -0.15) is 0 Å². The average molecular weight is 565 g/mol. The predicted octanol–water partition coefficient (Wildman–Crippen LogP) is 6.29. The van der Waals surface area contributed by atoms with E-state index in [1.165, 1.54) is 0 Å².